The number of hydrogen-bond acceptors (Lipinski definition) is 4. The van der Waals surface area contributed by atoms with Crippen LogP contribution in [0.5, 0.6) is 5.75 Å². The molecule has 1 amide bonds. The molecule has 2 rings (SSSR count). The maximum atomic E-state index is 12.3. The highest BCUT2D eigenvalue weighted by Crippen LogP contribution is 2.27. The van der Waals surface area contributed by atoms with Gasteiger partial charge in [0.2, 0.25) is 5.91 Å². The van der Waals surface area contributed by atoms with Crippen LogP contribution in [0, 0.1) is 5.41 Å². The molecule has 7 heteroatoms. The molecule has 1 saturated heterocycles. The highest BCUT2D eigenvalue weighted by Gasteiger charge is 2.44. The van der Waals surface area contributed by atoms with Crippen molar-refractivity contribution in [2.24, 2.45) is 11.1 Å². The van der Waals surface area contributed by atoms with Crippen LogP contribution in [-0.4, -0.2) is 31.8 Å². The van der Waals surface area contributed by atoms with Crippen molar-refractivity contribution in [2.45, 2.75) is 26.1 Å². The Morgan fingerprint density at radius 3 is 2.90 bits per heavy atom. The molecule has 2 unspecified atom stereocenters. The minimum atomic E-state index is -2.91. The van der Waals surface area contributed by atoms with E-state index in [1.165, 1.54) is 6.07 Å². The van der Waals surface area contributed by atoms with E-state index in [9.17, 15) is 13.6 Å². The Balaban J connectivity index is 2.01. The Hall–Kier alpha value is -1.73. The van der Waals surface area contributed by atoms with Gasteiger partial charge in [-0.1, -0.05) is 18.2 Å². The largest absolute Gasteiger partial charge is 0.434 e. The Labute approximate surface area is 121 Å². The summed E-state index contributed by atoms with van der Waals surface area (Å²) >= 11 is 0. The number of hydrogen-bond donors (Lipinski definition) is 2. The molecule has 0 saturated carbocycles. The Bertz CT molecular complexity index is 513. The molecule has 116 valence electrons. The predicted molar refractivity (Wildman–Crippen MR) is 71.8 cm³/mol. The first-order valence-corrected chi connectivity index (χ1v) is 6.58. The van der Waals surface area contributed by atoms with E-state index >= 15 is 0 Å². The molecule has 1 aliphatic rings. The lowest BCUT2D eigenvalue weighted by Crippen LogP contribution is -2.49. The molecular weight excluding hydrogens is 282 g/mol. The lowest BCUT2D eigenvalue weighted by atomic mass is 9.85. The molecule has 1 fully saturated rings. The summed E-state index contributed by atoms with van der Waals surface area (Å²) in [6.45, 7) is -0.522. The van der Waals surface area contributed by atoms with Gasteiger partial charge in [-0.25, -0.2) is 0 Å². The molecule has 21 heavy (non-hydrogen) atoms. The van der Waals surface area contributed by atoms with Gasteiger partial charge in [-0.3, -0.25) is 4.79 Å². The van der Waals surface area contributed by atoms with Gasteiger partial charge in [0.25, 0.3) is 0 Å². The van der Waals surface area contributed by atoms with Crippen molar-refractivity contribution in [1.82, 2.24) is 5.32 Å². The predicted octanol–water partition coefficient (Wildman–Crippen LogP) is 1.27. The fourth-order valence-electron chi connectivity index (χ4n) is 2.16. The molecule has 1 heterocycles. The summed E-state index contributed by atoms with van der Waals surface area (Å²) < 4.78 is 34.3. The summed E-state index contributed by atoms with van der Waals surface area (Å²) in [5.41, 5.74) is 5.54. The molecule has 5 nitrogen and oxygen atoms in total. The zero-order chi connectivity index (χ0) is 15.5. The minimum Gasteiger partial charge on any atom is -0.434 e. The summed E-state index contributed by atoms with van der Waals surface area (Å²) in [7, 11) is 0. The van der Waals surface area contributed by atoms with Crippen LogP contribution in [0.15, 0.2) is 24.3 Å². The highest BCUT2D eigenvalue weighted by molar-refractivity contribution is 5.83. The van der Waals surface area contributed by atoms with Gasteiger partial charge >= 0.3 is 6.61 Å². The summed E-state index contributed by atoms with van der Waals surface area (Å²) in [6, 6.07) is 5.94. The van der Waals surface area contributed by atoms with Gasteiger partial charge in [-0.15, -0.1) is 0 Å². The van der Waals surface area contributed by atoms with Gasteiger partial charge in [0.15, 0.2) is 0 Å². The van der Waals surface area contributed by atoms with E-state index < -0.39 is 12.0 Å². The first-order valence-electron chi connectivity index (χ1n) is 6.58. The average Bonchev–Trinajstić information content (AvgIpc) is 2.78. The molecule has 3 N–H and O–H groups in total. The minimum absolute atomic E-state index is 0.0462. The van der Waals surface area contributed by atoms with Crippen molar-refractivity contribution in [3.63, 3.8) is 0 Å². The Morgan fingerprint density at radius 1 is 1.57 bits per heavy atom. The Morgan fingerprint density at radius 2 is 2.29 bits per heavy atom. The molecule has 0 radical (unpaired) electrons. The number of amides is 1. The Kier molecular flexibility index (Phi) is 4.74. The van der Waals surface area contributed by atoms with E-state index in [0.29, 0.717) is 12.2 Å². The fourth-order valence-corrected chi connectivity index (χ4v) is 2.16. The van der Waals surface area contributed by atoms with Gasteiger partial charge in [-0.05, 0) is 13.0 Å². The number of nitrogens with one attached hydrogen (secondary N) is 1. The second-order valence-corrected chi connectivity index (χ2v) is 5.21. The second kappa shape index (κ2) is 6.36. The maximum absolute atomic E-state index is 12.3. The standard InChI is InChI=1S/C14H18F2N2O3/c1-14(8-20-7-11(14)17)12(19)18-6-9-4-2-3-5-10(9)21-13(15)16/h2-5,11,13H,6-8,17H2,1H3,(H,18,19). The van der Waals surface area contributed by atoms with Crippen LogP contribution >= 0.6 is 0 Å². The van der Waals surface area contributed by atoms with E-state index in [1.54, 1.807) is 25.1 Å². The molecule has 0 aromatic heterocycles. The van der Waals surface area contributed by atoms with Crippen LogP contribution in [0.3, 0.4) is 0 Å². The number of para-hydroxylation sites is 1. The lowest BCUT2D eigenvalue weighted by Gasteiger charge is -2.25. The number of halogens is 2. The monoisotopic (exact) mass is 300 g/mol. The molecule has 2 atom stereocenters. The zero-order valence-corrected chi connectivity index (χ0v) is 11.6. The molecular formula is C14H18F2N2O3. The van der Waals surface area contributed by atoms with Crippen molar-refractivity contribution in [1.29, 1.82) is 0 Å². The molecule has 1 aliphatic heterocycles. The van der Waals surface area contributed by atoms with Crippen LogP contribution in [0.1, 0.15) is 12.5 Å². The number of benzene rings is 1. The molecule has 1 aromatic rings. The number of ether oxygens (including phenoxy) is 2. The van der Waals surface area contributed by atoms with Gasteiger partial charge in [0.1, 0.15) is 5.75 Å². The van der Waals surface area contributed by atoms with Gasteiger partial charge < -0.3 is 20.5 Å². The van der Waals surface area contributed by atoms with Crippen LogP contribution in [-0.2, 0) is 16.1 Å². The average molecular weight is 300 g/mol. The molecule has 0 aliphatic carbocycles. The molecule has 0 bridgehead atoms. The number of carbonyl (C=O) groups excluding carboxylic acids is 1. The van der Waals surface area contributed by atoms with Crippen molar-refractivity contribution in [2.75, 3.05) is 13.2 Å². The lowest BCUT2D eigenvalue weighted by molar-refractivity contribution is -0.130. The van der Waals surface area contributed by atoms with E-state index in [4.69, 9.17) is 10.5 Å². The van der Waals surface area contributed by atoms with Crippen molar-refractivity contribution < 1.29 is 23.0 Å². The fraction of sp³-hybridized carbons (Fsp3) is 0.500. The van der Waals surface area contributed by atoms with E-state index in [1.807, 2.05) is 0 Å². The third kappa shape index (κ3) is 3.48. The third-order valence-corrected chi connectivity index (χ3v) is 3.66. The van der Waals surface area contributed by atoms with Gasteiger partial charge in [0.05, 0.1) is 18.6 Å². The van der Waals surface area contributed by atoms with E-state index in [0.717, 1.165) is 0 Å². The van der Waals surface area contributed by atoms with Crippen molar-refractivity contribution in [3.8, 4) is 5.75 Å². The highest BCUT2D eigenvalue weighted by atomic mass is 19.3. The number of rotatable bonds is 5. The molecule has 1 aromatic carbocycles. The van der Waals surface area contributed by atoms with Gasteiger partial charge in [-0.2, -0.15) is 8.78 Å². The first-order chi connectivity index (χ1) is 9.93. The van der Waals surface area contributed by atoms with E-state index in [-0.39, 0.29) is 30.9 Å². The number of alkyl halides is 2. The summed E-state index contributed by atoms with van der Waals surface area (Å²) in [5, 5.41) is 2.70. The normalized spacial score (nSPS) is 25.1. The van der Waals surface area contributed by atoms with Crippen LogP contribution in [0.25, 0.3) is 0 Å². The van der Waals surface area contributed by atoms with Crippen molar-refractivity contribution >= 4 is 5.91 Å². The second-order valence-electron chi connectivity index (χ2n) is 5.21. The summed E-state index contributed by atoms with van der Waals surface area (Å²) in [4.78, 5) is 12.2. The van der Waals surface area contributed by atoms with Crippen molar-refractivity contribution in [3.05, 3.63) is 29.8 Å². The van der Waals surface area contributed by atoms with Crippen LogP contribution < -0.4 is 15.8 Å². The smallest absolute Gasteiger partial charge is 0.387 e. The third-order valence-electron chi connectivity index (χ3n) is 3.66. The summed E-state index contributed by atoms with van der Waals surface area (Å²) in [6.07, 6.45) is 0. The van der Waals surface area contributed by atoms with Crippen LogP contribution in [0.2, 0.25) is 0 Å². The quantitative estimate of drug-likeness (QED) is 0.859. The SMILES string of the molecule is CC1(C(=O)NCc2ccccc2OC(F)F)COCC1N. The number of carbonyl (C=O) groups is 1. The summed E-state index contributed by atoms with van der Waals surface area (Å²) in [5.74, 6) is -0.218. The zero-order valence-electron chi connectivity index (χ0n) is 11.6. The van der Waals surface area contributed by atoms with Crippen LogP contribution in [0.4, 0.5) is 8.78 Å². The topological polar surface area (TPSA) is 73.6 Å². The maximum Gasteiger partial charge on any atom is 0.387 e. The number of nitrogens with two attached hydrogens (primary N) is 1. The van der Waals surface area contributed by atoms with Gasteiger partial charge in [0, 0.05) is 18.2 Å². The first kappa shape index (κ1) is 15.7. The van der Waals surface area contributed by atoms with E-state index in [2.05, 4.69) is 10.1 Å². The molecule has 0 spiro atoms.